The van der Waals surface area contributed by atoms with Gasteiger partial charge in [0.15, 0.2) is 11.5 Å². The Kier molecular flexibility index (Phi) is 3.32. The molecule has 1 aliphatic rings. The molecule has 4 heteroatoms. The number of rotatable bonds is 3. The summed E-state index contributed by atoms with van der Waals surface area (Å²) in [6, 6.07) is 7.77. The fourth-order valence-electron chi connectivity index (χ4n) is 2.89. The SMILES string of the molecule is COc1ccc(Cc2onc3c2C(=O)CC(C)(C)C3)cc1. The van der Waals surface area contributed by atoms with Gasteiger partial charge in [-0.3, -0.25) is 4.79 Å². The summed E-state index contributed by atoms with van der Waals surface area (Å²) in [5.41, 5.74) is 2.55. The fourth-order valence-corrected chi connectivity index (χ4v) is 2.89. The topological polar surface area (TPSA) is 52.3 Å². The van der Waals surface area contributed by atoms with E-state index in [1.54, 1.807) is 7.11 Å². The van der Waals surface area contributed by atoms with E-state index in [1.807, 2.05) is 24.3 Å². The number of benzene rings is 1. The molecule has 2 aromatic rings. The van der Waals surface area contributed by atoms with Gasteiger partial charge in [-0.2, -0.15) is 0 Å². The number of ether oxygens (including phenoxy) is 1. The van der Waals surface area contributed by atoms with Crippen LogP contribution in [0.25, 0.3) is 0 Å². The lowest BCUT2D eigenvalue weighted by atomic mass is 9.75. The number of nitrogens with zero attached hydrogens (tertiary/aromatic N) is 1. The molecule has 1 aromatic heterocycles. The summed E-state index contributed by atoms with van der Waals surface area (Å²) in [5.74, 6) is 1.64. The highest BCUT2D eigenvalue weighted by molar-refractivity contribution is 5.99. The van der Waals surface area contributed by atoms with Gasteiger partial charge in [0.1, 0.15) is 5.75 Å². The Bertz CT molecular complexity index is 668. The molecular weight excluding hydrogens is 266 g/mol. The second-order valence-electron chi connectivity index (χ2n) is 6.39. The molecule has 0 spiro atoms. The van der Waals surface area contributed by atoms with Crippen molar-refractivity contribution >= 4 is 5.78 Å². The molecule has 0 fully saturated rings. The molecule has 21 heavy (non-hydrogen) atoms. The highest BCUT2D eigenvalue weighted by atomic mass is 16.5. The first-order valence-corrected chi connectivity index (χ1v) is 7.12. The number of hydrogen-bond acceptors (Lipinski definition) is 4. The van der Waals surface area contributed by atoms with Crippen molar-refractivity contribution in [1.29, 1.82) is 0 Å². The van der Waals surface area contributed by atoms with Crippen LogP contribution in [0.5, 0.6) is 5.75 Å². The number of aromatic nitrogens is 1. The molecule has 3 rings (SSSR count). The molecule has 0 radical (unpaired) electrons. The van der Waals surface area contributed by atoms with Crippen LogP contribution >= 0.6 is 0 Å². The van der Waals surface area contributed by atoms with Crippen LogP contribution in [0, 0.1) is 5.41 Å². The van der Waals surface area contributed by atoms with Gasteiger partial charge < -0.3 is 9.26 Å². The van der Waals surface area contributed by atoms with Crippen molar-refractivity contribution < 1.29 is 14.1 Å². The largest absolute Gasteiger partial charge is 0.497 e. The summed E-state index contributed by atoms with van der Waals surface area (Å²) in [4.78, 5) is 12.4. The molecule has 1 heterocycles. The Morgan fingerprint density at radius 1 is 1.24 bits per heavy atom. The van der Waals surface area contributed by atoms with Gasteiger partial charge in [-0.15, -0.1) is 0 Å². The Balaban J connectivity index is 1.87. The lowest BCUT2D eigenvalue weighted by Gasteiger charge is -2.26. The van der Waals surface area contributed by atoms with Crippen molar-refractivity contribution in [3.8, 4) is 5.75 Å². The lowest BCUT2D eigenvalue weighted by molar-refractivity contribution is 0.0911. The van der Waals surface area contributed by atoms with Crippen LogP contribution in [0.3, 0.4) is 0 Å². The first-order chi connectivity index (χ1) is 9.98. The lowest BCUT2D eigenvalue weighted by Crippen LogP contribution is -2.27. The smallest absolute Gasteiger partial charge is 0.168 e. The maximum absolute atomic E-state index is 12.4. The molecule has 0 bridgehead atoms. The quantitative estimate of drug-likeness (QED) is 0.867. The van der Waals surface area contributed by atoms with Gasteiger partial charge >= 0.3 is 0 Å². The van der Waals surface area contributed by atoms with E-state index >= 15 is 0 Å². The second kappa shape index (κ2) is 5.02. The predicted octanol–water partition coefficient (Wildman–Crippen LogP) is 3.43. The van der Waals surface area contributed by atoms with Crippen LogP contribution in [-0.4, -0.2) is 18.0 Å². The molecule has 110 valence electrons. The minimum Gasteiger partial charge on any atom is -0.497 e. The van der Waals surface area contributed by atoms with E-state index in [2.05, 4.69) is 19.0 Å². The van der Waals surface area contributed by atoms with Crippen molar-refractivity contribution in [2.24, 2.45) is 5.41 Å². The number of hydrogen-bond donors (Lipinski definition) is 0. The third kappa shape index (κ3) is 2.71. The Hall–Kier alpha value is -2.10. The average Bonchev–Trinajstić information content (AvgIpc) is 2.81. The van der Waals surface area contributed by atoms with E-state index in [9.17, 15) is 4.79 Å². The van der Waals surface area contributed by atoms with E-state index in [0.717, 1.165) is 23.4 Å². The molecular formula is C17H19NO3. The Morgan fingerprint density at radius 2 is 1.95 bits per heavy atom. The molecule has 0 N–H and O–H groups in total. The monoisotopic (exact) mass is 285 g/mol. The van der Waals surface area contributed by atoms with Gasteiger partial charge in [-0.1, -0.05) is 31.1 Å². The van der Waals surface area contributed by atoms with Crippen LogP contribution in [0.15, 0.2) is 28.8 Å². The van der Waals surface area contributed by atoms with E-state index < -0.39 is 0 Å². The summed E-state index contributed by atoms with van der Waals surface area (Å²) in [5, 5.41) is 4.11. The van der Waals surface area contributed by atoms with Crippen LogP contribution < -0.4 is 4.74 Å². The molecule has 0 unspecified atom stereocenters. The maximum atomic E-state index is 12.4. The highest BCUT2D eigenvalue weighted by Crippen LogP contribution is 2.36. The Labute approximate surface area is 124 Å². The van der Waals surface area contributed by atoms with Crippen molar-refractivity contribution in [3.63, 3.8) is 0 Å². The van der Waals surface area contributed by atoms with Gasteiger partial charge in [0, 0.05) is 12.8 Å². The van der Waals surface area contributed by atoms with E-state index in [-0.39, 0.29) is 11.2 Å². The molecule has 0 atom stereocenters. The summed E-state index contributed by atoms with van der Waals surface area (Å²) in [6.45, 7) is 4.18. The second-order valence-corrected chi connectivity index (χ2v) is 6.39. The zero-order valence-corrected chi connectivity index (χ0v) is 12.6. The van der Waals surface area contributed by atoms with Gasteiger partial charge in [0.25, 0.3) is 0 Å². The number of carbonyl (C=O) groups excluding carboxylic acids is 1. The van der Waals surface area contributed by atoms with Crippen LogP contribution in [-0.2, 0) is 12.8 Å². The van der Waals surface area contributed by atoms with Gasteiger partial charge in [-0.25, -0.2) is 0 Å². The molecule has 1 aromatic carbocycles. The van der Waals surface area contributed by atoms with Crippen LogP contribution in [0.1, 0.15) is 47.6 Å². The molecule has 1 aliphatic carbocycles. The zero-order chi connectivity index (χ0) is 15.0. The molecule has 4 nitrogen and oxygen atoms in total. The average molecular weight is 285 g/mol. The minimum absolute atomic E-state index is 0.0294. The number of fused-ring (bicyclic) bond motifs is 1. The van der Waals surface area contributed by atoms with E-state index in [1.165, 1.54) is 0 Å². The predicted molar refractivity (Wildman–Crippen MR) is 78.7 cm³/mol. The van der Waals surface area contributed by atoms with Crippen molar-refractivity contribution in [1.82, 2.24) is 5.16 Å². The third-order valence-electron chi connectivity index (χ3n) is 3.92. The molecule has 0 aliphatic heterocycles. The summed E-state index contributed by atoms with van der Waals surface area (Å²) in [7, 11) is 1.64. The highest BCUT2D eigenvalue weighted by Gasteiger charge is 2.35. The minimum atomic E-state index is -0.0294. The van der Waals surface area contributed by atoms with Gasteiger partial charge in [-0.05, 0) is 29.5 Å². The molecule has 0 saturated carbocycles. The summed E-state index contributed by atoms with van der Waals surface area (Å²) >= 11 is 0. The molecule has 0 saturated heterocycles. The van der Waals surface area contributed by atoms with Crippen molar-refractivity contribution in [2.75, 3.05) is 7.11 Å². The number of Topliss-reactive ketones (excluding diaryl/α,β-unsaturated/α-hetero) is 1. The number of methoxy groups -OCH3 is 1. The zero-order valence-electron chi connectivity index (χ0n) is 12.6. The third-order valence-corrected chi connectivity index (χ3v) is 3.92. The van der Waals surface area contributed by atoms with Gasteiger partial charge in [0.2, 0.25) is 0 Å². The number of ketones is 1. The summed E-state index contributed by atoms with van der Waals surface area (Å²) < 4.78 is 10.6. The normalized spacial score (nSPS) is 16.6. The first-order valence-electron chi connectivity index (χ1n) is 7.12. The van der Waals surface area contributed by atoms with E-state index in [4.69, 9.17) is 9.26 Å². The first kappa shape index (κ1) is 13.9. The fraction of sp³-hybridized carbons (Fsp3) is 0.412. The Morgan fingerprint density at radius 3 is 2.62 bits per heavy atom. The van der Waals surface area contributed by atoms with Crippen LogP contribution in [0.4, 0.5) is 0 Å². The molecule has 0 amide bonds. The van der Waals surface area contributed by atoms with Gasteiger partial charge in [0.05, 0.1) is 18.4 Å². The van der Waals surface area contributed by atoms with E-state index in [0.29, 0.717) is 24.2 Å². The van der Waals surface area contributed by atoms with Crippen molar-refractivity contribution in [2.45, 2.75) is 33.1 Å². The summed E-state index contributed by atoms with van der Waals surface area (Å²) in [6.07, 6.45) is 1.93. The maximum Gasteiger partial charge on any atom is 0.168 e. The van der Waals surface area contributed by atoms with Crippen molar-refractivity contribution in [3.05, 3.63) is 46.8 Å². The number of carbonyl (C=O) groups is 1. The standard InChI is InChI=1S/C17H19NO3/c1-17(2)9-13-16(14(19)10-17)15(21-18-13)8-11-4-6-12(20-3)7-5-11/h4-7H,8-10H2,1-3H3. The van der Waals surface area contributed by atoms with Crippen LogP contribution in [0.2, 0.25) is 0 Å².